The van der Waals surface area contributed by atoms with Gasteiger partial charge in [0.1, 0.15) is 0 Å². The van der Waals surface area contributed by atoms with Gasteiger partial charge in [-0.3, -0.25) is 9.59 Å². The van der Waals surface area contributed by atoms with Crippen LogP contribution in [0.5, 0.6) is 0 Å². The molecule has 4 saturated carbocycles. The summed E-state index contributed by atoms with van der Waals surface area (Å²) in [5, 5.41) is 20.0. The minimum absolute atomic E-state index is 0.180. The van der Waals surface area contributed by atoms with E-state index in [-0.39, 0.29) is 22.7 Å². The van der Waals surface area contributed by atoms with Crippen LogP contribution in [0.25, 0.3) is 0 Å². The number of hydrogen-bond donors (Lipinski definition) is 2. The minimum atomic E-state index is -0.684. The summed E-state index contributed by atoms with van der Waals surface area (Å²) in [4.78, 5) is 24.3. The van der Waals surface area contributed by atoms with Crippen LogP contribution in [0, 0.1) is 45.3 Å². The van der Waals surface area contributed by atoms with Gasteiger partial charge in [-0.05, 0) is 60.2 Å². The van der Waals surface area contributed by atoms with E-state index in [1.165, 1.54) is 0 Å². The van der Waals surface area contributed by atoms with Crippen molar-refractivity contribution in [2.75, 3.05) is 0 Å². The van der Waals surface area contributed by atoms with Gasteiger partial charge in [0.05, 0.1) is 10.8 Å². The molecule has 0 aromatic carbocycles. The zero-order chi connectivity index (χ0) is 16.3. The summed E-state index contributed by atoms with van der Waals surface area (Å²) < 4.78 is 0. The van der Waals surface area contributed by atoms with Crippen LogP contribution in [-0.2, 0) is 9.59 Å². The van der Waals surface area contributed by atoms with E-state index in [1.807, 2.05) is 13.8 Å². The minimum Gasteiger partial charge on any atom is -0.481 e. The maximum absolute atomic E-state index is 12.2. The third-order valence-electron chi connectivity index (χ3n) is 8.39. The Morgan fingerprint density at radius 1 is 0.682 bits per heavy atom. The van der Waals surface area contributed by atoms with Gasteiger partial charge in [-0.15, -0.1) is 0 Å². The Balaban J connectivity index is 1.86. The average molecular weight is 306 g/mol. The van der Waals surface area contributed by atoms with Crippen molar-refractivity contribution in [2.45, 2.75) is 53.4 Å². The molecule has 2 N–H and O–H groups in total. The van der Waals surface area contributed by atoms with Crippen molar-refractivity contribution in [3.8, 4) is 0 Å². The Labute approximate surface area is 131 Å². The summed E-state index contributed by atoms with van der Waals surface area (Å²) in [6, 6.07) is 0. The van der Waals surface area contributed by atoms with Crippen LogP contribution in [0.4, 0.5) is 0 Å². The molecule has 0 radical (unpaired) electrons. The number of carbonyl (C=O) groups is 2. The van der Waals surface area contributed by atoms with Crippen molar-refractivity contribution in [3.05, 3.63) is 0 Å². The summed E-state index contributed by atoms with van der Waals surface area (Å²) in [6.45, 7) is 8.35. The van der Waals surface area contributed by atoms with Crippen molar-refractivity contribution in [3.63, 3.8) is 0 Å². The van der Waals surface area contributed by atoms with E-state index in [2.05, 4.69) is 13.8 Å². The normalized spacial score (nSPS) is 61.5. The van der Waals surface area contributed by atoms with Crippen molar-refractivity contribution in [2.24, 2.45) is 45.3 Å². The number of hydrogen-bond acceptors (Lipinski definition) is 2. The van der Waals surface area contributed by atoms with Gasteiger partial charge in [0, 0.05) is 0 Å². The van der Waals surface area contributed by atoms with Crippen LogP contribution in [-0.4, -0.2) is 22.2 Å². The lowest BCUT2D eigenvalue weighted by atomic mass is 9.61. The zero-order valence-electron chi connectivity index (χ0n) is 13.8. The van der Waals surface area contributed by atoms with Crippen molar-refractivity contribution >= 4 is 11.9 Å². The Hall–Kier alpha value is -1.06. The Morgan fingerprint density at radius 2 is 0.909 bits per heavy atom. The molecule has 4 heteroatoms. The van der Waals surface area contributed by atoms with Gasteiger partial charge < -0.3 is 10.2 Å². The van der Waals surface area contributed by atoms with E-state index in [0.717, 1.165) is 25.7 Å². The molecule has 0 spiro atoms. The molecule has 122 valence electrons. The molecule has 0 heterocycles. The lowest BCUT2D eigenvalue weighted by molar-refractivity contribution is -0.159. The first kappa shape index (κ1) is 14.5. The molecule has 4 rings (SSSR count). The summed E-state index contributed by atoms with van der Waals surface area (Å²) in [5.41, 5.74) is -1.90. The molecule has 0 saturated heterocycles. The fraction of sp³-hybridized carbons (Fsp3) is 0.889. The van der Waals surface area contributed by atoms with Gasteiger partial charge in [-0.25, -0.2) is 0 Å². The Morgan fingerprint density at radius 3 is 1.00 bits per heavy atom. The van der Waals surface area contributed by atoms with E-state index in [4.69, 9.17) is 0 Å². The average Bonchev–Trinajstić information content (AvgIpc) is 3.22. The monoisotopic (exact) mass is 306 g/mol. The van der Waals surface area contributed by atoms with E-state index < -0.39 is 22.8 Å². The van der Waals surface area contributed by atoms with E-state index in [0.29, 0.717) is 11.8 Å². The molecule has 4 nitrogen and oxygen atoms in total. The predicted octanol–water partition coefficient (Wildman–Crippen LogP) is 3.26. The molecule has 0 aromatic heterocycles. The van der Waals surface area contributed by atoms with Gasteiger partial charge >= 0.3 is 11.9 Å². The summed E-state index contributed by atoms with van der Waals surface area (Å²) in [7, 11) is 0. The number of carboxylic acids is 2. The number of carboxylic acid groups (broad SMARTS) is 2. The van der Waals surface area contributed by atoms with E-state index in [9.17, 15) is 19.8 Å². The first-order valence-electron chi connectivity index (χ1n) is 8.62. The van der Waals surface area contributed by atoms with Crippen molar-refractivity contribution in [1.29, 1.82) is 0 Å². The summed E-state index contributed by atoms with van der Waals surface area (Å²) in [5.74, 6) is -0.336. The molecule has 22 heavy (non-hydrogen) atoms. The van der Waals surface area contributed by atoms with Gasteiger partial charge in [0.2, 0.25) is 0 Å². The molecule has 8 unspecified atom stereocenters. The maximum Gasteiger partial charge on any atom is 0.310 e. The summed E-state index contributed by atoms with van der Waals surface area (Å²) in [6.07, 6.45) is 3.25. The van der Waals surface area contributed by atoms with Crippen LogP contribution in [0.1, 0.15) is 53.4 Å². The molecule has 0 amide bonds. The Bertz CT molecular complexity index is 548. The predicted molar refractivity (Wildman–Crippen MR) is 80.1 cm³/mol. The van der Waals surface area contributed by atoms with Crippen LogP contribution < -0.4 is 0 Å². The second-order valence-electron chi connectivity index (χ2n) is 8.92. The molecule has 0 bridgehead atoms. The first-order chi connectivity index (χ1) is 10.1. The lowest BCUT2D eigenvalue weighted by Crippen LogP contribution is -2.45. The molecule has 0 aromatic rings. The molecular formula is C18H26O4. The quantitative estimate of drug-likeness (QED) is 0.817. The Kier molecular flexibility index (Phi) is 2.34. The zero-order valence-corrected chi connectivity index (χ0v) is 13.8. The van der Waals surface area contributed by atoms with Gasteiger partial charge in [-0.1, -0.05) is 27.7 Å². The van der Waals surface area contributed by atoms with Crippen LogP contribution in [0.15, 0.2) is 0 Å². The topological polar surface area (TPSA) is 74.6 Å². The second kappa shape index (κ2) is 3.54. The van der Waals surface area contributed by atoms with Crippen LogP contribution in [0.2, 0.25) is 0 Å². The highest BCUT2D eigenvalue weighted by Gasteiger charge is 2.93. The number of rotatable bonds is 5. The molecule has 4 aliphatic rings. The van der Waals surface area contributed by atoms with Gasteiger partial charge in [-0.2, -0.15) is 0 Å². The fourth-order valence-electron chi connectivity index (χ4n) is 7.20. The van der Waals surface area contributed by atoms with Crippen molar-refractivity contribution in [1.82, 2.24) is 0 Å². The molecule has 8 atom stereocenters. The van der Waals surface area contributed by atoms with Crippen molar-refractivity contribution < 1.29 is 19.8 Å². The second-order valence-corrected chi connectivity index (χ2v) is 8.92. The molecule has 4 aliphatic carbocycles. The van der Waals surface area contributed by atoms with Gasteiger partial charge in [0.15, 0.2) is 0 Å². The maximum atomic E-state index is 12.2. The van der Waals surface area contributed by atoms with Gasteiger partial charge in [0.25, 0.3) is 0 Å². The third-order valence-corrected chi connectivity index (χ3v) is 8.39. The van der Waals surface area contributed by atoms with Crippen LogP contribution >= 0.6 is 0 Å². The highest BCUT2D eigenvalue weighted by molar-refractivity contribution is 5.85. The van der Waals surface area contributed by atoms with E-state index >= 15 is 0 Å². The highest BCUT2D eigenvalue weighted by atomic mass is 16.4. The first-order valence-corrected chi connectivity index (χ1v) is 8.62. The molecular weight excluding hydrogens is 280 g/mol. The SMILES string of the molecule is CC1CC1(C(=O)O)C1(C2(C3(C(=O)O)CC3C)CC2C)CC1C. The smallest absolute Gasteiger partial charge is 0.310 e. The summed E-state index contributed by atoms with van der Waals surface area (Å²) >= 11 is 0. The third kappa shape index (κ3) is 1.11. The van der Waals surface area contributed by atoms with Crippen LogP contribution in [0.3, 0.4) is 0 Å². The fourth-order valence-corrected chi connectivity index (χ4v) is 7.20. The standard InChI is InChI=1S/C18H26O4/c1-9-5-15(9,13(19)20)17(7-11(17)3)18(8-12(18)4)16(14(21)22)6-10(16)2/h9-12H,5-8H2,1-4H3,(H,19,20)(H,21,22). The lowest BCUT2D eigenvalue weighted by Gasteiger charge is -2.40. The molecule has 4 fully saturated rings. The van der Waals surface area contributed by atoms with E-state index in [1.54, 1.807) is 0 Å². The number of aliphatic carboxylic acids is 2. The highest BCUT2D eigenvalue weighted by Crippen LogP contribution is 2.94. The largest absolute Gasteiger partial charge is 0.481 e. The molecule has 0 aliphatic heterocycles.